The van der Waals surface area contributed by atoms with Gasteiger partial charge < -0.3 is 9.52 Å². The predicted octanol–water partition coefficient (Wildman–Crippen LogP) is 4.43. The van der Waals surface area contributed by atoms with E-state index in [2.05, 4.69) is 13.8 Å². The fourth-order valence-electron chi connectivity index (χ4n) is 6.61. The average Bonchev–Trinajstić information content (AvgIpc) is 3.01. The summed E-state index contributed by atoms with van der Waals surface area (Å²) in [7, 11) is 0. The van der Waals surface area contributed by atoms with Gasteiger partial charge in [0.2, 0.25) is 0 Å². The lowest BCUT2D eigenvalue weighted by molar-refractivity contribution is -0.171. The molecule has 3 aliphatic carbocycles. The Kier molecular flexibility index (Phi) is 3.14. The molecule has 0 aromatic carbocycles. The Labute approximate surface area is 142 Å². The second-order valence-corrected chi connectivity index (χ2v) is 8.97. The Morgan fingerprint density at radius 2 is 1.92 bits per heavy atom. The first-order chi connectivity index (χ1) is 11.2. The molecule has 1 aromatic heterocycles. The number of hydrogen-bond acceptors (Lipinski definition) is 3. The summed E-state index contributed by atoms with van der Waals surface area (Å²) in [5, 5.41) is 9.91. The van der Waals surface area contributed by atoms with E-state index in [1.165, 1.54) is 0 Å². The fourth-order valence-corrected chi connectivity index (χ4v) is 6.61. The highest BCUT2D eigenvalue weighted by molar-refractivity contribution is 5.99. The van der Waals surface area contributed by atoms with Gasteiger partial charge in [-0.05, 0) is 49.9 Å². The molecule has 130 valence electrons. The largest absolute Gasteiger partial charge is 0.481 e. The van der Waals surface area contributed by atoms with Crippen LogP contribution in [-0.4, -0.2) is 16.9 Å². The molecule has 0 spiro atoms. The average molecular weight is 330 g/mol. The van der Waals surface area contributed by atoms with Crippen LogP contribution in [0.4, 0.5) is 0 Å². The van der Waals surface area contributed by atoms with E-state index in [4.69, 9.17) is 4.42 Å². The van der Waals surface area contributed by atoms with Gasteiger partial charge in [0.05, 0.1) is 17.2 Å². The Balaban J connectivity index is 1.84. The van der Waals surface area contributed by atoms with Crippen molar-refractivity contribution < 1.29 is 19.1 Å². The van der Waals surface area contributed by atoms with Crippen LogP contribution in [0.5, 0.6) is 0 Å². The molecule has 0 radical (unpaired) electrons. The summed E-state index contributed by atoms with van der Waals surface area (Å²) in [6.07, 6.45) is 8.39. The van der Waals surface area contributed by atoms with Crippen LogP contribution in [0.25, 0.3) is 0 Å². The third-order valence-corrected chi connectivity index (χ3v) is 7.95. The summed E-state index contributed by atoms with van der Waals surface area (Å²) in [5.74, 6) is -0.185. The quantitative estimate of drug-likeness (QED) is 0.827. The molecule has 1 N–H and O–H groups in total. The van der Waals surface area contributed by atoms with Crippen molar-refractivity contribution in [3.05, 3.63) is 23.7 Å². The topological polar surface area (TPSA) is 67.5 Å². The van der Waals surface area contributed by atoms with E-state index in [-0.39, 0.29) is 28.4 Å². The lowest BCUT2D eigenvalue weighted by Gasteiger charge is -2.62. The SMILES string of the molecule is CC1(C(=O)O)CCCC2(C)C1CCC1(C)c3cocc3C(=O)CC12. The molecular weight excluding hydrogens is 304 g/mol. The summed E-state index contributed by atoms with van der Waals surface area (Å²) in [6.45, 7) is 6.43. The summed E-state index contributed by atoms with van der Waals surface area (Å²) in [4.78, 5) is 24.7. The van der Waals surface area contributed by atoms with Crippen LogP contribution in [-0.2, 0) is 10.2 Å². The van der Waals surface area contributed by atoms with Gasteiger partial charge in [-0.1, -0.05) is 20.3 Å². The molecule has 0 saturated heterocycles. The number of Topliss-reactive ketones (excluding diaryl/α,β-unsaturated/α-hetero) is 1. The molecule has 4 heteroatoms. The lowest BCUT2D eigenvalue weighted by Crippen LogP contribution is -2.60. The molecular formula is C20H26O4. The second kappa shape index (κ2) is 4.74. The number of fused-ring (bicyclic) bond motifs is 5. The number of carboxylic acid groups (broad SMARTS) is 1. The third-order valence-electron chi connectivity index (χ3n) is 7.95. The van der Waals surface area contributed by atoms with Crippen LogP contribution < -0.4 is 0 Å². The van der Waals surface area contributed by atoms with Gasteiger partial charge in [0.25, 0.3) is 0 Å². The van der Waals surface area contributed by atoms with E-state index in [9.17, 15) is 14.7 Å². The molecule has 1 heterocycles. The van der Waals surface area contributed by atoms with Gasteiger partial charge in [0.1, 0.15) is 6.26 Å². The van der Waals surface area contributed by atoms with Crippen molar-refractivity contribution in [3.8, 4) is 0 Å². The Bertz CT molecular complexity index is 719. The van der Waals surface area contributed by atoms with E-state index in [0.717, 1.165) is 43.2 Å². The van der Waals surface area contributed by atoms with E-state index in [0.29, 0.717) is 6.42 Å². The first-order valence-electron chi connectivity index (χ1n) is 9.07. The Hall–Kier alpha value is -1.58. The van der Waals surface area contributed by atoms with Crippen molar-refractivity contribution in [2.24, 2.45) is 22.7 Å². The van der Waals surface area contributed by atoms with Crippen molar-refractivity contribution in [2.45, 2.75) is 64.7 Å². The second-order valence-electron chi connectivity index (χ2n) is 8.97. The number of rotatable bonds is 1. The zero-order chi connectivity index (χ0) is 17.3. The van der Waals surface area contributed by atoms with Gasteiger partial charge in [-0.15, -0.1) is 0 Å². The molecule has 0 bridgehead atoms. The predicted molar refractivity (Wildman–Crippen MR) is 88.9 cm³/mol. The van der Waals surface area contributed by atoms with Gasteiger partial charge in [-0.25, -0.2) is 0 Å². The van der Waals surface area contributed by atoms with Crippen molar-refractivity contribution >= 4 is 11.8 Å². The van der Waals surface area contributed by atoms with Crippen LogP contribution in [0, 0.1) is 22.7 Å². The standard InChI is InChI=1S/C20H26O4/c1-18-8-5-15-19(2,6-4-7-20(15,3)17(22)23)16(18)9-14(21)12-10-24-11-13(12)18/h10-11,15-16H,4-9H2,1-3H3,(H,22,23). The maximum absolute atomic E-state index is 12.7. The highest BCUT2D eigenvalue weighted by Gasteiger charge is 2.63. The van der Waals surface area contributed by atoms with Crippen LogP contribution in [0.2, 0.25) is 0 Å². The lowest BCUT2D eigenvalue weighted by atomic mass is 9.40. The minimum absolute atomic E-state index is 0.0851. The fraction of sp³-hybridized carbons (Fsp3) is 0.700. The molecule has 24 heavy (non-hydrogen) atoms. The van der Waals surface area contributed by atoms with Gasteiger partial charge in [-0.3, -0.25) is 9.59 Å². The van der Waals surface area contributed by atoms with E-state index in [1.807, 2.05) is 6.92 Å². The number of carbonyl (C=O) groups is 2. The van der Waals surface area contributed by atoms with E-state index < -0.39 is 11.4 Å². The molecule has 5 unspecified atom stereocenters. The number of carboxylic acids is 1. The smallest absolute Gasteiger partial charge is 0.309 e. The van der Waals surface area contributed by atoms with Crippen molar-refractivity contribution in [3.63, 3.8) is 0 Å². The Morgan fingerprint density at radius 1 is 1.17 bits per heavy atom. The molecule has 5 atom stereocenters. The first-order valence-corrected chi connectivity index (χ1v) is 9.07. The maximum atomic E-state index is 12.7. The van der Waals surface area contributed by atoms with Crippen LogP contribution in [0.3, 0.4) is 0 Å². The van der Waals surface area contributed by atoms with Crippen LogP contribution in [0.1, 0.15) is 75.2 Å². The molecule has 1 aromatic rings. The molecule has 0 aliphatic heterocycles. The summed E-state index contributed by atoms with van der Waals surface area (Å²) >= 11 is 0. The normalized spacial score (nSPS) is 44.4. The van der Waals surface area contributed by atoms with Gasteiger partial charge in [-0.2, -0.15) is 0 Å². The van der Waals surface area contributed by atoms with Crippen molar-refractivity contribution in [1.29, 1.82) is 0 Å². The molecule has 4 nitrogen and oxygen atoms in total. The minimum Gasteiger partial charge on any atom is -0.481 e. The molecule has 0 amide bonds. The highest BCUT2D eigenvalue weighted by Crippen LogP contribution is 2.66. The maximum Gasteiger partial charge on any atom is 0.309 e. The summed E-state index contributed by atoms with van der Waals surface area (Å²) in [6, 6.07) is 0. The first kappa shape index (κ1) is 15.9. The van der Waals surface area contributed by atoms with Crippen molar-refractivity contribution in [2.75, 3.05) is 0 Å². The summed E-state index contributed by atoms with van der Waals surface area (Å²) in [5.41, 5.74) is 0.925. The third kappa shape index (κ3) is 1.75. The van der Waals surface area contributed by atoms with Gasteiger partial charge in [0, 0.05) is 17.4 Å². The molecule has 3 aliphatic rings. The number of furan rings is 1. The van der Waals surface area contributed by atoms with E-state index in [1.54, 1.807) is 12.5 Å². The van der Waals surface area contributed by atoms with Crippen LogP contribution in [0.15, 0.2) is 16.9 Å². The number of aliphatic carboxylic acids is 1. The summed E-state index contributed by atoms with van der Waals surface area (Å²) < 4.78 is 5.39. The zero-order valence-electron chi connectivity index (χ0n) is 14.7. The van der Waals surface area contributed by atoms with E-state index >= 15 is 0 Å². The number of ketones is 1. The highest BCUT2D eigenvalue weighted by atomic mass is 16.4. The Morgan fingerprint density at radius 3 is 2.62 bits per heavy atom. The zero-order valence-corrected chi connectivity index (χ0v) is 14.7. The number of hydrogen-bond donors (Lipinski definition) is 1. The monoisotopic (exact) mass is 330 g/mol. The molecule has 4 rings (SSSR count). The van der Waals surface area contributed by atoms with Crippen LogP contribution >= 0.6 is 0 Å². The van der Waals surface area contributed by atoms with Gasteiger partial charge in [0.15, 0.2) is 5.78 Å². The van der Waals surface area contributed by atoms with Gasteiger partial charge >= 0.3 is 5.97 Å². The number of carbonyl (C=O) groups excluding carboxylic acids is 1. The minimum atomic E-state index is -0.673. The van der Waals surface area contributed by atoms with Crippen molar-refractivity contribution in [1.82, 2.24) is 0 Å². The molecule has 2 fully saturated rings. The molecule has 2 saturated carbocycles.